The van der Waals surface area contributed by atoms with Gasteiger partial charge in [-0.3, -0.25) is 14.4 Å². The molecule has 1 aliphatic heterocycles. The number of hydrogen-bond donors (Lipinski definition) is 0. The fourth-order valence-electron chi connectivity index (χ4n) is 2.40. The minimum Gasteiger partial charge on any atom is -0.457 e. The minimum atomic E-state index is 0.0165. The summed E-state index contributed by atoms with van der Waals surface area (Å²) in [7, 11) is 0. The molecule has 0 unspecified atom stereocenters. The molecule has 0 saturated carbocycles. The summed E-state index contributed by atoms with van der Waals surface area (Å²) >= 11 is 4.83. The summed E-state index contributed by atoms with van der Waals surface area (Å²) in [6.07, 6.45) is 1.79. The predicted octanol–water partition coefficient (Wildman–Crippen LogP) is 2.39. The molecule has 1 aliphatic rings. The molecule has 0 bridgehead atoms. The number of nitrogens with zero attached hydrogens (tertiary/aromatic N) is 2. The fourth-order valence-corrected chi connectivity index (χ4v) is 3.67. The molecule has 0 atom stereocenters. The van der Waals surface area contributed by atoms with Gasteiger partial charge in [0.1, 0.15) is 11.5 Å². The van der Waals surface area contributed by atoms with E-state index in [0.29, 0.717) is 23.4 Å². The van der Waals surface area contributed by atoms with Gasteiger partial charge in [0.2, 0.25) is 0 Å². The highest BCUT2D eigenvalue weighted by atomic mass is 79.9. The first-order chi connectivity index (χ1) is 10.7. The van der Waals surface area contributed by atoms with Gasteiger partial charge in [0.05, 0.1) is 11.1 Å². The Hall–Kier alpha value is -1.92. The molecule has 0 spiro atoms. The maximum Gasteiger partial charge on any atom is 0.270 e. The van der Waals surface area contributed by atoms with Crippen LogP contribution in [0.3, 0.4) is 0 Å². The summed E-state index contributed by atoms with van der Waals surface area (Å²) in [5.74, 6) is 1.46. The van der Waals surface area contributed by atoms with Crippen molar-refractivity contribution in [3.8, 4) is 11.3 Å². The number of fused-ring (bicyclic) bond motifs is 1. The summed E-state index contributed by atoms with van der Waals surface area (Å²) in [5.41, 5.74) is 1.02. The molecular weight excluding hydrogens is 364 g/mol. The number of halogens is 1. The van der Waals surface area contributed by atoms with Gasteiger partial charge in [0.25, 0.3) is 5.56 Å². The highest BCUT2D eigenvalue weighted by Crippen LogP contribution is 2.24. The van der Waals surface area contributed by atoms with Crippen molar-refractivity contribution in [1.29, 1.82) is 0 Å². The molecule has 0 saturated heterocycles. The van der Waals surface area contributed by atoms with Crippen LogP contribution in [0.25, 0.3) is 17.4 Å². The Balaban J connectivity index is 1.75. The van der Waals surface area contributed by atoms with Gasteiger partial charge in [-0.05, 0) is 24.3 Å². The molecule has 0 amide bonds. The van der Waals surface area contributed by atoms with Gasteiger partial charge >= 0.3 is 0 Å². The SMILES string of the molecule is O=c1c(=Cc2ccc(-c3ccc(Br)cc3)o2)sc2n1CCN=2. The van der Waals surface area contributed by atoms with Crippen LogP contribution < -0.4 is 14.9 Å². The predicted molar refractivity (Wildman–Crippen MR) is 89.6 cm³/mol. The summed E-state index contributed by atoms with van der Waals surface area (Å²) in [6.45, 7) is 1.39. The minimum absolute atomic E-state index is 0.0165. The van der Waals surface area contributed by atoms with Gasteiger partial charge in [0, 0.05) is 22.7 Å². The van der Waals surface area contributed by atoms with Crippen LogP contribution in [0.5, 0.6) is 0 Å². The van der Waals surface area contributed by atoms with E-state index in [1.807, 2.05) is 36.4 Å². The summed E-state index contributed by atoms with van der Waals surface area (Å²) in [5, 5.41) is 0. The maximum absolute atomic E-state index is 12.2. The monoisotopic (exact) mass is 374 g/mol. The second kappa shape index (κ2) is 5.37. The van der Waals surface area contributed by atoms with Gasteiger partial charge in [0.15, 0.2) is 4.80 Å². The number of aromatic nitrogens is 1. The molecule has 0 radical (unpaired) electrons. The third kappa shape index (κ3) is 2.38. The van der Waals surface area contributed by atoms with E-state index in [4.69, 9.17) is 4.42 Å². The molecule has 1 aromatic carbocycles. The Morgan fingerprint density at radius 3 is 2.82 bits per heavy atom. The largest absolute Gasteiger partial charge is 0.457 e. The smallest absolute Gasteiger partial charge is 0.270 e. The summed E-state index contributed by atoms with van der Waals surface area (Å²) in [4.78, 5) is 17.3. The normalized spacial score (nSPS) is 14.1. The molecule has 4 rings (SSSR count). The number of benzene rings is 1. The molecular formula is C16H11BrN2O2S. The maximum atomic E-state index is 12.2. The topological polar surface area (TPSA) is 47.5 Å². The first kappa shape index (κ1) is 13.7. The van der Waals surface area contributed by atoms with Crippen LogP contribution in [-0.4, -0.2) is 11.1 Å². The number of thiazole rings is 1. The van der Waals surface area contributed by atoms with Crippen molar-refractivity contribution in [2.45, 2.75) is 6.54 Å². The molecule has 110 valence electrons. The lowest BCUT2D eigenvalue weighted by molar-refractivity contribution is 0.571. The average Bonchev–Trinajstić information content (AvgIpc) is 3.21. The van der Waals surface area contributed by atoms with E-state index in [1.165, 1.54) is 11.3 Å². The first-order valence-electron chi connectivity index (χ1n) is 6.82. The van der Waals surface area contributed by atoms with Crippen LogP contribution in [0.4, 0.5) is 0 Å². The van der Waals surface area contributed by atoms with Crippen molar-refractivity contribution >= 4 is 33.3 Å². The zero-order valence-electron chi connectivity index (χ0n) is 11.5. The van der Waals surface area contributed by atoms with Crippen molar-refractivity contribution in [2.24, 2.45) is 4.99 Å². The van der Waals surface area contributed by atoms with Gasteiger partial charge in [-0.2, -0.15) is 0 Å². The molecule has 3 aromatic rings. The lowest BCUT2D eigenvalue weighted by Crippen LogP contribution is -2.29. The molecule has 0 N–H and O–H groups in total. The highest BCUT2D eigenvalue weighted by molar-refractivity contribution is 9.10. The Morgan fingerprint density at radius 1 is 1.23 bits per heavy atom. The van der Waals surface area contributed by atoms with Crippen LogP contribution in [0.15, 0.2) is 55.1 Å². The van der Waals surface area contributed by atoms with Crippen molar-refractivity contribution in [3.05, 3.63) is 66.3 Å². The van der Waals surface area contributed by atoms with Crippen molar-refractivity contribution < 1.29 is 4.42 Å². The zero-order chi connectivity index (χ0) is 15.1. The standard InChI is InChI=1S/C16H11BrN2O2S/c17-11-3-1-10(2-4-11)13-6-5-12(21-13)9-14-15(20)19-8-7-18-16(19)22-14/h1-6,9H,7-8H2. The van der Waals surface area contributed by atoms with E-state index in [9.17, 15) is 4.79 Å². The molecule has 0 fully saturated rings. The van der Waals surface area contributed by atoms with Crippen LogP contribution in [0, 0.1) is 0 Å². The van der Waals surface area contributed by atoms with E-state index in [1.54, 1.807) is 10.6 Å². The third-order valence-corrected chi connectivity index (χ3v) is 5.06. The Kier molecular flexibility index (Phi) is 3.35. The lowest BCUT2D eigenvalue weighted by Gasteiger charge is -1.96. The van der Waals surface area contributed by atoms with Gasteiger partial charge in [-0.1, -0.05) is 39.4 Å². The van der Waals surface area contributed by atoms with Crippen LogP contribution >= 0.6 is 27.3 Å². The van der Waals surface area contributed by atoms with Crippen LogP contribution in [0.2, 0.25) is 0 Å². The number of hydrogen-bond acceptors (Lipinski definition) is 4. The zero-order valence-corrected chi connectivity index (χ0v) is 13.9. The second-order valence-electron chi connectivity index (χ2n) is 4.94. The highest BCUT2D eigenvalue weighted by Gasteiger charge is 2.10. The molecule has 0 aliphatic carbocycles. The molecule has 6 heteroatoms. The summed E-state index contributed by atoms with van der Waals surface area (Å²) < 4.78 is 9.23. The lowest BCUT2D eigenvalue weighted by atomic mass is 10.2. The molecule has 2 aromatic heterocycles. The van der Waals surface area contributed by atoms with Gasteiger partial charge in [-0.15, -0.1) is 0 Å². The quantitative estimate of drug-likeness (QED) is 0.691. The van der Waals surface area contributed by atoms with E-state index in [-0.39, 0.29) is 5.56 Å². The van der Waals surface area contributed by atoms with E-state index < -0.39 is 0 Å². The Morgan fingerprint density at radius 2 is 2.05 bits per heavy atom. The van der Waals surface area contributed by atoms with E-state index in [2.05, 4.69) is 20.9 Å². The van der Waals surface area contributed by atoms with Crippen LogP contribution in [0.1, 0.15) is 5.76 Å². The fraction of sp³-hybridized carbons (Fsp3) is 0.125. The van der Waals surface area contributed by atoms with Crippen molar-refractivity contribution in [2.75, 3.05) is 6.54 Å². The van der Waals surface area contributed by atoms with Gasteiger partial charge < -0.3 is 4.42 Å². The first-order valence-corrected chi connectivity index (χ1v) is 8.43. The average molecular weight is 375 g/mol. The van der Waals surface area contributed by atoms with Crippen LogP contribution in [-0.2, 0) is 6.54 Å². The van der Waals surface area contributed by atoms with E-state index in [0.717, 1.165) is 20.6 Å². The molecule has 22 heavy (non-hydrogen) atoms. The number of rotatable bonds is 2. The Bertz CT molecular complexity index is 1010. The third-order valence-electron chi connectivity index (χ3n) is 3.49. The Labute approximate surface area is 138 Å². The molecule has 4 nitrogen and oxygen atoms in total. The summed E-state index contributed by atoms with van der Waals surface area (Å²) in [6, 6.07) is 11.7. The van der Waals surface area contributed by atoms with E-state index >= 15 is 0 Å². The second-order valence-corrected chi connectivity index (χ2v) is 6.87. The van der Waals surface area contributed by atoms with Gasteiger partial charge in [-0.25, -0.2) is 0 Å². The molecule has 3 heterocycles. The van der Waals surface area contributed by atoms with Crippen molar-refractivity contribution in [3.63, 3.8) is 0 Å². The number of furan rings is 1. The van der Waals surface area contributed by atoms with Crippen molar-refractivity contribution in [1.82, 2.24) is 4.57 Å².